The Morgan fingerprint density at radius 3 is 1.80 bits per heavy atom. The SMILES string of the molecule is ClC1c2ccccc2Nc2ccccc21. The second-order valence-corrected chi connectivity index (χ2v) is 4.10. The number of nitrogens with one attached hydrogen (secondary N) is 1. The lowest BCUT2D eigenvalue weighted by Gasteiger charge is -2.25. The summed E-state index contributed by atoms with van der Waals surface area (Å²) in [6, 6.07) is 16.3. The van der Waals surface area contributed by atoms with Gasteiger partial charge in [-0.3, -0.25) is 0 Å². The lowest BCUT2D eigenvalue weighted by molar-refractivity contribution is 1.11. The molecule has 0 spiro atoms. The van der Waals surface area contributed by atoms with Gasteiger partial charge in [0.2, 0.25) is 0 Å². The number of anilines is 2. The number of halogens is 1. The van der Waals surface area contributed by atoms with Crippen LogP contribution in [0.3, 0.4) is 0 Å². The summed E-state index contributed by atoms with van der Waals surface area (Å²) >= 11 is 6.44. The summed E-state index contributed by atoms with van der Waals surface area (Å²) in [5, 5.41) is 3.34. The predicted molar refractivity (Wildman–Crippen MR) is 63.9 cm³/mol. The Bertz CT molecular complexity index is 462. The van der Waals surface area contributed by atoms with Crippen LogP contribution in [0.1, 0.15) is 16.5 Å². The topological polar surface area (TPSA) is 12.0 Å². The van der Waals surface area contributed by atoms with Gasteiger partial charge in [0.15, 0.2) is 0 Å². The van der Waals surface area contributed by atoms with Gasteiger partial charge in [-0.2, -0.15) is 0 Å². The first-order valence-electron chi connectivity index (χ1n) is 4.95. The Morgan fingerprint density at radius 2 is 1.27 bits per heavy atom. The summed E-state index contributed by atoms with van der Waals surface area (Å²) in [5.41, 5.74) is 4.52. The van der Waals surface area contributed by atoms with Gasteiger partial charge in [0.05, 0.1) is 5.38 Å². The minimum Gasteiger partial charge on any atom is -0.355 e. The first-order chi connectivity index (χ1) is 7.36. The Kier molecular flexibility index (Phi) is 1.93. The Balaban J connectivity index is 2.20. The molecule has 1 heterocycles. The third kappa shape index (κ3) is 1.31. The van der Waals surface area contributed by atoms with Crippen LogP contribution in [0.2, 0.25) is 0 Å². The van der Waals surface area contributed by atoms with Crippen LogP contribution in [0, 0.1) is 0 Å². The van der Waals surface area contributed by atoms with Crippen molar-refractivity contribution >= 4 is 23.0 Å². The highest BCUT2D eigenvalue weighted by Crippen LogP contribution is 2.42. The van der Waals surface area contributed by atoms with Gasteiger partial charge in [0.25, 0.3) is 0 Å². The summed E-state index contributed by atoms with van der Waals surface area (Å²) in [6.07, 6.45) is 0. The molecule has 74 valence electrons. The van der Waals surface area contributed by atoms with E-state index in [1.807, 2.05) is 24.3 Å². The molecule has 0 saturated carbocycles. The van der Waals surface area contributed by atoms with E-state index < -0.39 is 0 Å². The zero-order valence-electron chi connectivity index (χ0n) is 8.07. The third-order valence-corrected chi connectivity index (χ3v) is 3.21. The fourth-order valence-corrected chi connectivity index (χ4v) is 2.36. The fourth-order valence-electron chi connectivity index (χ4n) is 1.98. The van der Waals surface area contributed by atoms with Gasteiger partial charge in [-0.05, 0) is 23.3 Å². The van der Waals surface area contributed by atoms with Gasteiger partial charge < -0.3 is 5.32 Å². The highest BCUT2D eigenvalue weighted by Gasteiger charge is 2.22. The molecular formula is C13H10ClN. The molecular weight excluding hydrogens is 206 g/mol. The first kappa shape index (κ1) is 8.81. The van der Waals surface area contributed by atoms with Gasteiger partial charge in [0.1, 0.15) is 0 Å². The summed E-state index contributed by atoms with van der Waals surface area (Å²) in [7, 11) is 0. The molecule has 0 saturated heterocycles. The van der Waals surface area contributed by atoms with E-state index in [2.05, 4.69) is 29.6 Å². The van der Waals surface area contributed by atoms with Crippen molar-refractivity contribution in [1.29, 1.82) is 0 Å². The average molecular weight is 216 g/mol. The summed E-state index contributed by atoms with van der Waals surface area (Å²) in [4.78, 5) is 0. The highest BCUT2D eigenvalue weighted by molar-refractivity contribution is 6.24. The minimum atomic E-state index is -0.0429. The maximum absolute atomic E-state index is 6.44. The van der Waals surface area contributed by atoms with E-state index in [-0.39, 0.29) is 5.38 Å². The molecule has 0 unspecified atom stereocenters. The molecule has 0 bridgehead atoms. The summed E-state index contributed by atoms with van der Waals surface area (Å²) < 4.78 is 0. The molecule has 0 atom stereocenters. The van der Waals surface area contributed by atoms with E-state index in [1.54, 1.807) is 0 Å². The van der Waals surface area contributed by atoms with E-state index in [4.69, 9.17) is 11.6 Å². The smallest absolute Gasteiger partial charge is 0.0875 e. The van der Waals surface area contributed by atoms with E-state index in [9.17, 15) is 0 Å². The molecule has 2 heteroatoms. The predicted octanol–water partition coefficient (Wildman–Crippen LogP) is 4.07. The van der Waals surface area contributed by atoms with Gasteiger partial charge in [0, 0.05) is 11.4 Å². The molecule has 15 heavy (non-hydrogen) atoms. The summed E-state index contributed by atoms with van der Waals surface area (Å²) in [6.45, 7) is 0. The number of para-hydroxylation sites is 2. The molecule has 0 amide bonds. The van der Waals surface area contributed by atoms with Crippen LogP contribution in [0.15, 0.2) is 48.5 Å². The van der Waals surface area contributed by atoms with Crippen LogP contribution in [-0.4, -0.2) is 0 Å². The molecule has 0 radical (unpaired) electrons. The largest absolute Gasteiger partial charge is 0.355 e. The van der Waals surface area contributed by atoms with Crippen molar-refractivity contribution in [1.82, 2.24) is 0 Å². The number of rotatable bonds is 0. The Morgan fingerprint density at radius 1 is 0.800 bits per heavy atom. The van der Waals surface area contributed by atoms with Crippen molar-refractivity contribution in [2.24, 2.45) is 0 Å². The molecule has 0 aromatic heterocycles. The summed E-state index contributed by atoms with van der Waals surface area (Å²) in [5.74, 6) is 0. The van der Waals surface area contributed by atoms with Crippen molar-refractivity contribution < 1.29 is 0 Å². The Labute approximate surface area is 93.7 Å². The quantitative estimate of drug-likeness (QED) is 0.654. The lowest BCUT2D eigenvalue weighted by atomic mass is 9.97. The maximum Gasteiger partial charge on any atom is 0.0875 e. The zero-order chi connectivity index (χ0) is 10.3. The molecule has 1 aliphatic heterocycles. The third-order valence-electron chi connectivity index (χ3n) is 2.74. The number of benzene rings is 2. The number of alkyl halides is 1. The van der Waals surface area contributed by atoms with Crippen LogP contribution >= 0.6 is 11.6 Å². The number of hydrogen-bond acceptors (Lipinski definition) is 1. The van der Waals surface area contributed by atoms with Crippen LogP contribution < -0.4 is 5.32 Å². The Hall–Kier alpha value is -1.47. The van der Waals surface area contributed by atoms with Crippen molar-refractivity contribution in [3.63, 3.8) is 0 Å². The molecule has 3 rings (SSSR count). The molecule has 0 fully saturated rings. The lowest BCUT2D eigenvalue weighted by Crippen LogP contribution is -2.08. The molecule has 1 aliphatic rings. The van der Waals surface area contributed by atoms with Crippen LogP contribution in [0.4, 0.5) is 11.4 Å². The first-order valence-corrected chi connectivity index (χ1v) is 5.39. The van der Waals surface area contributed by atoms with Crippen molar-refractivity contribution in [2.45, 2.75) is 5.38 Å². The molecule has 0 aliphatic carbocycles. The molecule has 2 aromatic rings. The maximum atomic E-state index is 6.44. The van der Waals surface area contributed by atoms with Crippen LogP contribution in [0.25, 0.3) is 0 Å². The zero-order valence-corrected chi connectivity index (χ0v) is 8.83. The number of hydrogen-bond donors (Lipinski definition) is 1. The normalized spacial score (nSPS) is 13.9. The standard InChI is InChI=1S/C13H10ClN/c14-13-9-5-1-3-7-11(9)15-12-8-4-2-6-10(12)13/h1-8,13,15H. The molecule has 2 aromatic carbocycles. The van der Waals surface area contributed by atoms with Gasteiger partial charge >= 0.3 is 0 Å². The van der Waals surface area contributed by atoms with E-state index >= 15 is 0 Å². The van der Waals surface area contributed by atoms with E-state index in [0.717, 1.165) is 22.5 Å². The second-order valence-electron chi connectivity index (χ2n) is 3.66. The van der Waals surface area contributed by atoms with Gasteiger partial charge in [-0.25, -0.2) is 0 Å². The van der Waals surface area contributed by atoms with Gasteiger partial charge in [-0.15, -0.1) is 11.6 Å². The highest BCUT2D eigenvalue weighted by atomic mass is 35.5. The minimum absolute atomic E-state index is 0.0429. The molecule has 1 N–H and O–H groups in total. The van der Waals surface area contributed by atoms with Crippen molar-refractivity contribution in [2.75, 3.05) is 5.32 Å². The van der Waals surface area contributed by atoms with Crippen molar-refractivity contribution in [3.8, 4) is 0 Å². The van der Waals surface area contributed by atoms with Crippen molar-refractivity contribution in [3.05, 3.63) is 59.7 Å². The van der Waals surface area contributed by atoms with Crippen LogP contribution in [0.5, 0.6) is 0 Å². The average Bonchev–Trinajstić information content (AvgIpc) is 2.30. The number of fused-ring (bicyclic) bond motifs is 2. The second kappa shape index (κ2) is 3.28. The van der Waals surface area contributed by atoms with Gasteiger partial charge in [-0.1, -0.05) is 36.4 Å². The monoisotopic (exact) mass is 215 g/mol. The fraction of sp³-hybridized carbons (Fsp3) is 0.0769. The van der Waals surface area contributed by atoms with Crippen LogP contribution in [-0.2, 0) is 0 Å². The van der Waals surface area contributed by atoms with E-state index in [1.165, 1.54) is 0 Å². The molecule has 1 nitrogen and oxygen atoms in total. The van der Waals surface area contributed by atoms with E-state index in [0.29, 0.717) is 0 Å².